The summed E-state index contributed by atoms with van der Waals surface area (Å²) in [7, 11) is 0. The zero-order valence-corrected chi connectivity index (χ0v) is 19.1. The van der Waals surface area contributed by atoms with Crippen molar-refractivity contribution in [2.24, 2.45) is 34.5 Å². The highest BCUT2D eigenvalue weighted by molar-refractivity contribution is 7.13. The maximum Gasteiger partial charge on any atom is 0.243 e. The molecule has 0 aromatic carbocycles. The molecule has 3 saturated carbocycles. The first-order chi connectivity index (χ1) is 14.3. The highest BCUT2D eigenvalue weighted by Gasteiger charge is 2.59. The van der Waals surface area contributed by atoms with Gasteiger partial charge in [0.15, 0.2) is 5.13 Å². The van der Waals surface area contributed by atoms with Crippen molar-refractivity contribution >= 4 is 28.3 Å². The Morgan fingerprint density at radius 2 is 2.07 bits per heavy atom. The van der Waals surface area contributed by atoms with Gasteiger partial charge in [0.25, 0.3) is 0 Å². The molecule has 1 aromatic rings. The zero-order valence-electron chi connectivity index (χ0n) is 18.2. The average Bonchev–Trinajstić information content (AvgIpc) is 3.25. The lowest BCUT2D eigenvalue weighted by Crippen LogP contribution is -2.59. The molecule has 5 rings (SSSR count). The Kier molecular flexibility index (Phi) is 4.84. The molecule has 0 spiro atoms. The van der Waals surface area contributed by atoms with Gasteiger partial charge in [0.2, 0.25) is 11.8 Å². The third kappa shape index (κ3) is 3.14. The van der Waals surface area contributed by atoms with Gasteiger partial charge in [-0.3, -0.25) is 9.59 Å². The molecule has 4 aliphatic rings. The van der Waals surface area contributed by atoms with E-state index in [2.05, 4.69) is 35.5 Å². The van der Waals surface area contributed by atoms with Gasteiger partial charge in [-0.05, 0) is 80.6 Å². The smallest absolute Gasteiger partial charge is 0.243 e. The molecule has 30 heavy (non-hydrogen) atoms. The fourth-order valence-corrected chi connectivity index (χ4v) is 8.29. The maximum atomic E-state index is 12.8. The van der Waals surface area contributed by atoms with E-state index in [1.54, 1.807) is 6.08 Å². The number of anilines is 1. The van der Waals surface area contributed by atoms with Crippen LogP contribution >= 0.6 is 11.3 Å². The summed E-state index contributed by atoms with van der Waals surface area (Å²) in [4.78, 5) is 29.0. The number of hydrogen-bond acceptors (Lipinski definition) is 4. The van der Waals surface area contributed by atoms with Crippen LogP contribution in [0.2, 0.25) is 0 Å². The van der Waals surface area contributed by atoms with Gasteiger partial charge in [0.1, 0.15) is 0 Å². The van der Waals surface area contributed by atoms with E-state index in [4.69, 9.17) is 0 Å². The molecule has 2 N–H and O–H groups in total. The molecule has 3 aliphatic carbocycles. The molecule has 0 saturated heterocycles. The Labute approximate surface area is 183 Å². The predicted molar refractivity (Wildman–Crippen MR) is 119 cm³/mol. The van der Waals surface area contributed by atoms with Gasteiger partial charge in [-0.25, -0.2) is 4.98 Å². The maximum absolute atomic E-state index is 12.8. The van der Waals surface area contributed by atoms with E-state index in [-0.39, 0.29) is 28.7 Å². The Morgan fingerprint density at radius 3 is 2.83 bits per heavy atom. The van der Waals surface area contributed by atoms with E-state index in [0.717, 1.165) is 23.7 Å². The molecule has 2 amide bonds. The number of nitrogens with zero attached hydrogens (tertiary/aromatic N) is 1. The normalized spacial score (nSPS) is 42.1. The lowest BCUT2D eigenvalue weighted by atomic mass is 9.48. The number of fused-ring (bicyclic) bond motifs is 5. The largest absolute Gasteiger partial charge is 0.349 e. The number of carbonyl (C=O) groups is 2. The average molecular weight is 428 g/mol. The van der Waals surface area contributed by atoms with Crippen LogP contribution < -0.4 is 10.6 Å². The standard InChI is InChI=1S/C24H33N3O2S/c1-14-13-30-22(25-14)27-21(29)12-15-4-6-17-16-5-7-19-24(3,11-9-20(28)26-19)18(16)8-10-23(15,17)2/h9,11,13,15-19H,4-8,10,12H2,1-3H3,(H,26,28)(H,25,27,29)/t15-,16+,17+,18+,19-,23-,24-/m1/s1. The minimum Gasteiger partial charge on any atom is -0.349 e. The first-order valence-electron chi connectivity index (χ1n) is 11.5. The predicted octanol–water partition coefficient (Wildman–Crippen LogP) is 4.69. The first kappa shape index (κ1) is 20.2. The number of amides is 2. The highest BCUT2D eigenvalue weighted by Crippen LogP contribution is 2.65. The van der Waals surface area contributed by atoms with E-state index in [0.29, 0.717) is 30.1 Å². The summed E-state index contributed by atoms with van der Waals surface area (Å²) in [6, 6.07) is 0.283. The summed E-state index contributed by atoms with van der Waals surface area (Å²) in [5.41, 5.74) is 1.29. The van der Waals surface area contributed by atoms with Gasteiger partial charge in [-0.1, -0.05) is 19.9 Å². The van der Waals surface area contributed by atoms with Gasteiger partial charge in [0.05, 0.1) is 5.69 Å². The number of aryl methyl sites for hydroxylation is 1. The summed E-state index contributed by atoms with van der Waals surface area (Å²) in [5.74, 6) is 2.68. The molecule has 0 unspecified atom stereocenters. The van der Waals surface area contributed by atoms with Gasteiger partial charge >= 0.3 is 0 Å². The highest BCUT2D eigenvalue weighted by atomic mass is 32.1. The van der Waals surface area contributed by atoms with Gasteiger partial charge in [-0.2, -0.15) is 0 Å². The SMILES string of the molecule is Cc1csc(NC(=O)C[C@H]2CC[C@H]3[C@@H]4CC[C@H]5NC(=O)C=C[C@]5(C)[C@H]4CC[C@]23C)n1. The molecule has 6 heteroatoms. The zero-order chi connectivity index (χ0) is 21.1. The second-order valence-electron chi connectivity index (χ2n) is 10.6. The molecular weight excluding hydrogens is 394 g/mol. The lowest BCUT2D eigenvalue weighted by molar-refractivity contribution is -0.123. The van der Waals surface area contributed by atoms with Crippen LogP contribution in [0.3, 0.4) is 0 Å². The van der Waals surface area contributed by atoms with Crippen LogP contribution in [0.4, 0.5) is 5.13 Å². The molecule has 5 nitrogen and oxygen atoms in total. The summed E-state index contributed by atoms with van der Waals surface area (Å²) in [6.45, 7) is 6.78. The van der Waals surface area contributed by atoms with Crippen LogP contribution in [0.25, 0.3) is 0 Å². The number of aromatic nitrogens is 1. The molecule has 7 atom stereocenters. The van der Waals surface area contributed by atoms with Gasteiger partial charge in [-0.15, -0.1) is 11.3 Å². The Bertz CT molecular complexity index is 895. The third-order valence-electron chi connectivity index (χ3n) is 9.18. The van der Waals surface area contributed by atoms with Crippen molar-refractivity contribution in [2.45, 2.75) is 71.8 Å². The van der Waals surface area contributed by atoms with Crippen LogP contribution in [0.15, 0.2) is 17.5 Å². The van der Waals surface area contributed by atoms with Crippen LogP contribution in [-0.2, 0) is 9.59 Å². The Balaban J connectivity index is 1.31. The number of thiazole rings is 1. The second kappa shape index (κ2) is 7.18. The molecule has 162 valence electrons. The van der Waals surface area contributed by atoms with Crippen molar-refractivity contribution in [3.8, 4) is 0 Å². The molecule has 0 bridgehead atoms. The Hall–Kier alpha value is -1.69. The second-order valence-corrected chi connectivity index (χ2v) is 11.4. The van der Waals surface area contributed by atoms with E-state index in [1.165, 1.54) is 37.0 Å². The molecular formula is C24H33N3O2S. The van der Waals surface area contributed by atoms with Crippen molar-refractivity contribution < 1.29 is 9.59 Å². The number of rotatable bonds is 3. The molecule has 0 radical (unpaired) electrons. The first-order valence-corrected chi connectivity index (χ1v) is 12.4. The number of hydrogen-bond donors (Lipinski definition) is 2. The summed E-state index contributed by atoms with van der Waals surface area (Å²) < 4.78 is 0. The summed E-state index contributed by atoms with van der Waals surface area (Å²) in [6.07, 6.45) is 11.7. The van der Waals surface area contributed by atoms with Crippen molar-refractivity contribution in [1.82, 2.24) is 10.3 Å². The topological polar surface area (TPSA) is 71.1 Å². The lowest BCUT2D eigenvalue weighted by Gasteiger charge is -2.59. The van der Waals surface area contributed by atoms with Crippen molar-refractivity contribution in [2.75, 3.05) is 5.32 Å². The fraction of sp³-hybridized carbons (Fsp3) is 0.708. The molecule has 1 aliphatic heterocycles. The van der Waals surface area contributed by atoms with Gasteiger partial charge in [0, 0.05) is 23.3 Å². The minimum atomic E-state index is 0.0685. The van der Waals surface area contributed by atoms with Crippen LogP contribution in [0.5, 0.6) is 0 Å². The third-order valence-corrected chi connectivity index (χ3v) is 10.1. The summed E-state index contributed by atoms with van der Waals surface area (Å²) >= 11 is 1.50. The van der Waals surface area contributed by atoms with E-state index < -0.39 is 0 Å². The number of carbonyl (C=O) groups excluding carboxylic acids is 2. The number of nitrogens with one attached hydrogen (secondary N) is 2. The molecule has 2 heterocycles. The van der Waals surface area contributed by atoms with Crippen LogP contribution in [-0.4, -0.2) is 22.8 Å². The summed E-state index contributed by atoms with van der Waals surface area (Å²) in [5, 5.41) is 8.96. The van der Waals surface area contributed by atoms with Crippen LogP contribution in [0.1, 0.15) is 64.5 Å². The van der Waals surface area contributed by atoms with Crippen molar-refractivity contribution in [3.63, 3.8) is 0 Å². The van der Waals surface area contributed by atoms with E-state index in [9.17, 15) is 9.59 Å². The van der Waals surface area contributed by atoms with Crippen molar-refractivity contribution in [1.29, 1.82) is 0 Å². The molecule has 3 fully saturated rings. The van der Waals surface area contributed by atoms with E-state index in [1.807, 2.05) is 12.3 Å². The minimum absolute atomic E-state index is 0.0685. The monoisotopic (exact) mass is 427 g/mol. The van der Waals surface area contributed by atoms with Crippen LogP contribution in [0, 0.1) is 41.4 Å². The Morgan fingerprint density at radius 1 is 1.23 bits per heavy atom. The van der Waals surface area contributed by atoms with Crippen molar-refractivity contribution in [3.05, 3.63) is 23.2 Å². The molecule has 1 aromatic heterocycles. The quantitative estimate of drug-likeness (QED) is 0.735. The van der Waals surface area contributed by atoms with E-state index >= 15 is 0 Å². The van der Waals surface area contributed by atoms with Gasteiger partial charge < -0.3 is 10.6 Å². The fourth-order valence-electron chi connectivity index (χ4n) is 7.58.